The van der Waals surface area contributed by atoms with Crippen LogP contribution in [0.1, 0.15) is 6.92 Å². The summed E-state index contributed by atoms with van der Waals surface area (Å²) in [6.45, 7) is 1.84. The lowest BCUT2D eigenvalue weighted by Crippen LogP contribution is -2.55. The fourth-order valence-electron chi connectivity index (χ4n) is 3.02. The molecule has 0 bridgehead atoms. The summed E-state index contributed by atoms with van der Waals surface area (Å²) in [7, 11) is -7.52. The molecule has 1 heterocycles. The molecule has 1 aliphatic heterocycles. The third-order valence-corrected chi connectivity index (χ3v) is 8.71. The number of hydrogen-bond acceptors (Lipinski definition) is 4. The number of sulfonamides is 2. The summed E-state index contributed by atoms with van der Waals surface area (Å²) in [6, 6.07) is 11.5. The van der Waals surface area contributed by atoms with Crippen molar-refractivity contribution < 1.29 is 16.8 Å². The number of hydrogen-bond donors (Lipinski definition) is 0. The van der Waals surface area contributed by atoms with E-state index in [4.69, 9.17) is 23.2 Å². The van der Waals surface area contributed by atoms with E-state index in [9.17, 15) is 16.8 Å². The van der Waals surface area contributed by atoms with Crippen LogP contribution in [0.4, 0.5) is 0 Å². The van der Waals surface area contributed by atoms with Crippen molar-refractivity contribution >= 4 is 43.2 Å². The fourth-order valence-corrected chi connectivity index (χ4v) is 6.75. The quantitative estimate of drug-likeness (QED) is 0.719. The monoisotopic (exact) mass is 448 g/mol. The lowest BCUT2D eigenvalue weighted by Gasteiger charge is -2.38. The van der Waals surface area contributed by atoms with Gasteiger partial charge in [0.05, 0.1) is 9.79 Å². The summed E-state index contributed by atoms with van der Waals surface area (Å²) >= 11 is 11.8. The van der Waals surface area contributed by atoms with Crippen LogP contribution in [0.2, 0.25) is 10.0 Å². The molecule has 1 atom stereocenters. The maximum absolute atomic E-state index is 12.9. The SMILES string of the molecule is CC1CN(S(=O)(=O)c2cccc(Cl)c2)CCN1S(=O)(=O)c1cccc(Cl)c1. The Hall–Kier alpha value is -1.16. The highest BCUT2D eigenvalue weighted by atomic mass is 35.5. The average molecular weight is 449 g/mol. The molecule has 146 valence electrons. The van der Waals surface area contributed by atoms with Crippen molar-refractivity contribution in [2.45, 2.75) is 22.8 Å². The Kier molecular flexibility index (Phi) is 5.86. The largest absolute Gasteiger partial charge is 0.243 e. The molecule has 6 nitrogen and oxygen atoms in total. The number of piperazine rings is 1. The van der Waals surface area contributed by atoms with E-state index in [1.165, 1.54) is 32.9 Å². The number of benzene rings is 2. The standard InChI is InChI=1S/C17H18Cl2N2O4S2/c1-13-12-20(26(22,23)16-6-2-4-14(18)10-16)8-9-21(13)27(24,25)17-7-3-5-15(19)11-17/h2-7,10-11,13H,8-9,12H2,1H3. The summed E-state index contributed by atoms with van der Waals surface area (Å²) in [6.07, 6.45) is 0. The molecule has 0 aliphatic carbocycles. The van der Waals surface area contributed by atoms with Gasteiger partial charge >= 0.3 is 0 Å². The minimum Gasteiger partial charge on any atom is -0.207 e. The first-order valence-electron chi connectivity index (χ1n) is 8.15. The second-order valence-corrected chi connectivity index (χ2v) is 10.9. The summed E-state index contributed by atoms with van der Waals surface area (Å²) in [5.41, 5.74) is 0. The van der Waals surface area contributed by atoms with Gasteiger partial charge in [0.2, 0.25) is 20.0 Å². The lowest BCUT2D eigenvalue weighted by molar-refractivity contribution is 0.212. The van der Waals surface area contributed by atoms with Gasteiger partial charge in [0.1, 0.15) is 0 Å². The molecule has 0 aromatic heterocycles. The Morgan fingerprint density at radius 1 is 0.852 bits per heavy atom. The number of halogens is 2. The highest BCUT2D eigenvalue weighted by Crippen LogP contribution is 2.27. The zero-order valence-corrected chi connectivity index (χ0v) is 17.6. The van der Waals surface area contributed by atoms with Crippen molar-refractivity contribution in [1.82, 2.24) is 8.61 Å². The minimum absolute atomic E-state index is 0.0502. The fraction of sp³-hybridized carbons (Fsp3) is 0.294. The van der Waals surface area contributed by atoms with Gasteiger partial charge in [-0.25, -0.2) is 16.8 Å². The van der Waals surface area contributed by atoms with Crippen LogP contribution in [0, 0.1) is 0 Å². The summed E-state index contributed by atoms with van der Waals surface area (Å²) < 4.78 is 54.1. The summed E-state index contributed by atoms with van der Waals surface area (Å²) in [5.74, 6) is 0. The number of nitrogens with zero attached hydrogens (tertiary/aromatic N) is 2. The molecule has 0 saturated carbocycles. The van der Waals surface area contributed by atoms with E-state index in [0.29, 0.717) is 10.0 Å². The molecule has 10 heteroatoms. The molecule has 1 saturated heterocycles. The van der Waals surface area contributed by atoms with E-state index in [1.54, 1.807) is 31.2 Å². The Morgan fingerprint density at radius 3 is 1.85 bits per heavy atom. The van der Waals surface area contributed by atoms with Crippen molar-refractivity contribution in [2.24, 2.45) is 0 Å². The minimum atomic E-state index is -3.77. The zero-order chi connectivity index (χ0) is 19.8. The average Bonchev–Trinajstić information content (AvgIpc) is 2.61. The van der Waals surface area contributed by atoms with Gasteiger partial charge in [-0.1, -0.05) is 35.3 Å². The zero-order valence-electron chi connectivity index (χ0n) is 14.4. The smallest absolute Gasteiger partial charge is 0.207 e. The molecular weight excluding hydrogens is 431 g/mol. The molecule has 27 heavy (non-hydrogen) atoms. The molecule has 0 radical (unpaired) electrons. The van der Waals surface area contributed by atoms with E-state index in [0.717, 1.165) is 0 Å². The van der Waals surface area contributed by atoms with Crippen LogP contribution in [0.3, 0.4) is 0 Å². The summed E-state index contributed by atoms with van der Waals surface area (Å²) in [5, 5.41) is 0.650. The van der Waals surface area contributed by atoms with Crippen LogP contribution < -0.4 is 0 Å². The Bertz CT molecular complexity index is 1060. The maximum atomic E-state index is 12.9. The first kappa shape index (κ1) is 20.6. The van der Waals surface area contributed by atoms with Gasteiger partial charge in [-0.05, 0) is 43.3 Å². The normalized spacial score (nSPS) is 19.9. The van der Waals surface area contributed by atoms with E-state index in [2.05, 4.69) is 0 Å². The summed E-state index contributed by atoms with van der Waals surface area (Å²) in [4.78, 5) is 0.182. The predicted molar refractivity (Wildman–Crippen MR) is 105 cm³/mol. The molecule has 0 amide bonds. The molecule has 3 rings (SSSR count). The predicted octanol–water partition coefficient (Wildman–Crippen LogP) is 3.08. The molecule has 1 fully saturated rings. The molecule has 0 spiro atoms. The van der Waals surface area contributed by atoms with Gasteiger partial charge in [-0.15, -0.1) is 0 Å². The van der Waals surface area contributed by atoms with Crippen LogP contribution in [0.5, 0.6) is 0 Å². The van der Waals surface area contributed by atoms with E-state index in [1.807, 2.05) is 0 Å². The second kappa shape index (κ2) is 7.69. The van der Waals surface area contributed by atoms with Crippen LogP contribution >= 0.6 is 23.2 Å². The molecule has 1 aliphatic rings. The molecule has 2 aromatic carbocycles. The third kappa shape index (κ3) is 4.16. The van der Waals surface area contributed by atoms with Crippen LogP contribution in [-0.2, 0) is 20.0 Å². The highest BCUT2D eigenvalue weighted by molar-refractivity contribution is 7.89. The van der Waals surface area contributed by atoms with Crippen LogP contribution in [0.25, 0.3) is 0 Å². The van der Waals surface area contributed by atoms with Gasteiger partial charge in [-0.2, -0.15) is 8.61 Å². The van der Waals surface area contributed by atoms with Crippen molar-refractivity contribution in [1.29, 1.82) is 0 Å². The van der Waals surface area contributed by atoms with Gasteiger partial charge in [0.15, 0.2) is 0 Å². The lowest BCUT2D eigenvalue weighted by atomic mass is 10.3. The van der Waals surface area contributed by atoms with Gasteiger partial charge in [-0.3, -0.25) is 0 Å². The maximum Gasteiger partial charge on any atom is 0.243 e. The Morgan fingerprint density at radius 2 is 1.37 bits per heavy atom. The van der Waals surface area contributed by atoms with Crippen molar-refractivity contribution in [3.63, 3.8) is 0 Å². The van der Waals surface area contributed by atoms with Crippen molar-refractivity contribution in [3.05, 3.63) is 58.6 Å². The van der Waals surface area contributed by atoms with E-state index in [-0.39, 0.29) is 29.4 Å². The molecule has 1 unspecified atom stereocenters. The molecular formula is C17H18Cl2N2O4S2. The topological polar surface area (TPSA) is 74.8 Å². The van der Waals surface area contributed by atoms with Crippen molar-refractivity contribution in [3.8, 4) is 0 Å². The highest BCUT2D eigenvalue weighted by Gasteiger charge is 2.38. The first-order valence-corrected chi connectivity index (χ1v) is 11.8. The van der Waals surface area contributed by atoms with Crippen LogP contribution in [-0.4, -0.2) is 51.1 Å². The number of rotatable bonds is 4. The first-order chi connectivity index (χ1) is 12.6. The molecule has 0 N–H and O–H groups in total. The van der Waals surface area contributed by atoms with Crippen molar-refractivity contribution in [2.75, 3.05) is 19.6 Å². The van der Waals surface area contributed by atoms with Gasteiger partial charge < -0.3 is 0 Å². The Balaban J connectivity index is 1.84. The molecule has 2 aromatic rings. The Labute approximate surface area is 169 Å². The van der Waals surface area contributed by atoms with Gasteiger partial charge in [0.25, 0.3) is 0 Å². The van der Waals surface area contributed by atoms with E-state index < -0.39 is 26.1 Å². The third-order valence-electron chi connectivity index (χ3n) is 4.37. The second-order valence-electron chi connectivity index (χ2n) is 6.24. The van der Waals surface area contributed by atoms with E-state index >= 15 is 0 Å². The van der Waals surface area contributed by atoms with Gasteiger partial charge in [0, 0.05) is 35.7 Å². The van der Waals surface area contributed by atoms with Crippen LogP contribution in [0.15, 0.2) is 58.3 Å².